The minimum Gasteiger partial charge on any atom is -0.357 e. The number of guanidine groups is 1. The number of unbranched alkanes of at least 4 members (excludes halogenated alkanes) is 3. The largest absolute Gasteiger partial charge is 0.357 e. The Hall–Kier alpha value is -1.26. The normalized spacial score (nSPS) is 11.2. The van der Waals surface area contributed by atoms with Crippen LogP contribution in [0.2, 0.25) is 0 Å². The van der Waals surface area contributed by atoms with E-state index in [1.807, 2.05) is 13.8 Å². The van der Waals surface area contributed by atoms with E-state index in [0.29, 0.717) is 6.54 Å². The molecule has 0 rings (SSSR count). The average Bonchev–Trinajstić information content (AvgIpc) is 2.36. The van der Waals surface area contributed by atoms with Crippen LogP contribution >= 0.6 is 0 Å². The molecule has 0 radical (unpaired) electrons. The van der Waals surface area contributed by atoms with Gasteiger partial charge in [0.25, 0.3) is 0 Å². The number of carbonyl (C=O) groups excluding carboxylic acids is 1. The van der Waals surface area contributed by atoms with Crippen LogP contribution in [0, 0.1) is 0 Å². The number of rotatable bonds is 9. The molecule has 0 spiro atoms. The van der Waals surface area contributed by atoms with E-state index < -0.39 is 0 Å². The molecule has 0 saturated carbocycles. The van der Waals surface area contributed by atoms with Gasteiger partial charge in [-0.05, 0) is 20.3 Å². The second-order valence-corrected chi connectivity index (χ2v) is 4.14. The summed E-state index contributed by atoms with van der Waals surface area (Å²) in [5.74, 6) is 0.681. The van der Waals surface area contributed by atoms with Crippen molar-refractivity contribution in [3.05, 3.63) is 0 Å². The third-order valence-electron chi connectivity index (χ3n) is 2.42. The van der Waals surface area contributed by atoms with Gasteiger partial charge in [-0.1, -0.05) is 26.2 Å². The SMILES string of the molecule is CCCCCCNC(=NCC(=O)NCC)NCC. The Balaban J connectivity index is 3.89. The van der Waals surface area contributed by atoms with Crippen LogP contribution in [0.5, 0.6) is 0 Å². The van der Waals surface area contributed by atoms with Crippen LogP contribution in [0.25, 0.3) is 0 Å². The minimum atomic E-state index is -0.0410. The fraction of sp³-hybridized carbons (Fsp3) is 0.846. The maximum atomic E-state index is 11.3. The van der Waals surface area contributed by atoms with E-state index in [1.165, 1.54) is 19.3 Å². The van der Waals surface area contributed by atoms with Gasteiger partial charge in [0.1, 0.15) is 6.54 Å². The predicted octanol–water partition coefficient (Wildman–Crippen LogP) is 1.26. The summed E-state index contributed by atoms with van der Waals surface area (Å²) in [4.78, 5) is 15.5. The van der Waals surface area contributed by atoms with Crippen molar-refractivity contribution < 1.29 is 4.79 Å². The maximum absolute atomic E-state index is 11.3. The molecule has 18 heavy (non-hydrogen) atoms. The first kappa shape index (κ1) is 16.7. The van der Waals surface area contributed by atoms with Gasteiger partial charge in [0, 0.05) is 19.6 Å². The van der Waals surface area contributed by atoms with E-state index in [0.717, 1.165) is 25.5 Å². The molecule has 0 aromatic rings. The molecule has 0 fully saturated rings. The van der Waals surface area contributed by atoms with Crippen LogP contribution in [0.1, 0.15) is 46.5 Å². The van der Waals surface area contributed by atoms with Crippen LogP contribution in [-0.2, 0) is 4.79 Å². The number of amides is 1. The third kappa shape index (κ3) is 9.93. The van der Waals surface area contributed by atoms with Gasteiger partial charge in [0.2, 0.25) is 5.91 Å². The molecule has 0 aliphatic rings. The fourth-order valence-electron chi connectivity index (χ4n) is 1.50. The van der Waals surface area contributed by atoms with Gasteiger partial charge in [-0.2, -0.15) is 0 Å². The quantitative estimate of drug-likeness (QED) is 0.330. The molecule has 0 saturated heterocycles. The molecular formula is C13H28N4O. The summed E-state index contributed by atoms with van der Waals surface area (Å²) in [5, 5.41) is 9.09. The molecule has 1 amide bonds. The molecule has 5 heteroatoms. The van der Waals surface area contributed by atoms with Gasteiger partial charge in [-0.3, -0.25) is 4.79 Å². The van der Waals surface area contributed by atoms with Gasteiger partial charge < -0.3 is 16.0 Å². The van der Waals surface area contributed by atoms with Crippen molar-refractivity contribution in [1.82, 2.24) is 16.0 Å². The molecular weight excluding hydrogens is 228 g/mol. The van der Waals surface area contributed by atoms with Gasteiger partial charge >= 0.3 is 0 Å². The highest BCUT2D eigenvalue weighted by Crippen LogP contribution is 1.96. The van der Waals surface area contributed by atoms with Crippen LogP contribution in [0.3, 0.4) is 0 Å². The summed E-state index contributed by atoms with van der Waals surface area (Å²) in [6.45, 7) is 8.65. The predicted molar refractivity (Wildman–Crippen MR) is 76.8 cm³/mol. The molecule has 0 unspecified atom stereocenters. The average molecular weight is 256 g/mol. The summed E-state index contributed by atoms with van der Waals surface area (Å²) >= 11 is 0. The third-order valence-corrected chi connectivity index (χ3v) is 2.42. The zero-order chi connectivity index (χ0) is 13.6. The van der Waals surface area contributed by atoms with E-state index in [-0.39, 0.29) is 12.5 Å². The molecule has 0 aromatic heterocycles. The first-order valence-electron chi connectivity index (χ1n) is 7.03. The Bertz CT molecular complexity index is 241. The molecule has 5 nitrogen and oxygen atoms in total. The number of carbonyl (C=O) groups is 1. The van der Waals surface area contributed by atoms with Crippen molar-refractivity contribution in [2.75, 3.05) is 26.2 Å². The molecule has 0 atom stereocenters. The minimum absolute atomic E-state index is 0.0410. The Morgan fingerprint density at radius 2 is 1.67 bits per heavy atom. The Morgan fingerprint density at radius 3 is 2.28 bits per heavy atom. The topological polar surface area (TPSA) is 65.5 Å². The highest BCUT2D eigenvalue weighted by molar-refractivity contribution is 5.84. The van der Waals surface area contributed by atoms with Crippen LogP contribution in [-0.4, -0.2) is 38.0 Å². The number of hydrogen-bond donors (Lipinski definition) is 3. The summed E-state index contributed by atoms with van der Waals surface area (Å²) in [6, 6.07) is 0. The molecule has 0 bridgehead atoms. The molecule has 0 aliphatic carbocycles. The Kier molecular flexibility index (Phi) is 11.3. The van der Waals surface area contributed by atoms with Gasteiger partial charge in [-0.25, -0.2) is 4.99 Å². The lowest BCUT2D eigenvalue weighted by atomic mass is 10.2. The lowest BCUT2D eigenvalue weighted by Gasteiger charge is -2.10. The monoisotopic (exact) mass is 256 g/mol. The molecule has 0 aromatic carbocycles. The van der Waals surface area contributed by atoms with Crippen LogP contribution in [0.15, 0.2) is 4.99 Å². The number of nitrogens with one attached hydrogen (secondary N) is 3. The second-order valence-electron chi connectivity index (χ2n) is 4.14. The first-order chi connectivity index (χ1) is 8.74. The number of aliphatic imine (C=N–C) groups is 1. The summed E-state index contributed by atoms with van der Waals surface area (Å²) in [7, 11) is 0. The highest BCUT2D eigenvalue weighted by atomic mass is 16.1. The lowest BCUT2D eigenvalue weighted by molar-refractivity contribution is -0.119. The van der Waals surface area contributed by atoms with Gasteiger partial charge in [-0.15, -0.1) is 0 Å². The maximum Gasteiger partial charge on any atom is 0.241 e. The van der Waals surface area contributed by atoms with Crippen molar-refractivity contribution in [1.29, 1.82) is 0 Å². The van der Waals surface area contributed by atoms with Crippen LogP contribution in [0.4, 0.5) is 0 Å². The number of nitrogens with zero attached hydrogens (tertiary/aromatic N) is 1. The molecule has 0 aliphatic heterocycles. The summed E-state index contributed by atoms with van der Waals surface area (Å²) in [5.41, 5.74) is 0. The van der Waals surface area contributed by atoms with E-state index >= 15 is 0 Å². The first-order valence-corrected chi connectivity index (χ1v) is 7.03. The van der Waals surface area contributed by atoms with Gasteiger partial charge in [0.15, 0.2) is 5.96 Å². The Labute approximate surface area is 111 Å². The van der Waals surface area contributed by atoms with Crippen molar-refractivity contribution in [2.45, 2.75) is 46.5 Å². The standard InChI is InChI=1S/C13H28N4O/c1-4-7-8-9-10-16-13(15-6-3)17-11-12(18)14-5-2/h4-11H2,1-3H3,(H,14,18)(H2,15,16,17). The van der Waals surface area contributed by atoms with Crippen LogP contribution < -0.4 is 16.0 Å². The van der Waals surface area contributed by atoms with Crippen molar-refractivity contribution >= 4 is 11.9 Å². The smallest absolute Gasteiger partial charge is 0.241 e. The molecule has 3 N–H and O–H groups in total. The molecule has 0 heterocycles. The van der Waals surface area contributed by atoms with Crippen molar-refractivity contribution in [3.63, 3.8) is 0 Å². The number of likely N-dealkylation sites (N-methyl/N-ethyl adjacent to an activating group) is 1. The van der Waals surface area contributed by atoms with E-state index in [4.69, 9.17) is 0 Å². The summed E-state index contributed by atoms with van der Waals surface area (Å²) < 4.78 is 0. The number of hydrogen-bond acceptors (Lipinski definition) is 2. The van der Waals surface area contributed by atoms with Crippen molar-refractivity contribution in [2.24, 2.45) is 4.99 Å². The van der Waals surface area contributed by atoms with E-state index in [1.54, 1.807) is 0 Å². The zero-order valence-corrected chi connectivity index (χ0v) is 12.0. The fourth-order valence-corrected chi connectivity index (χ4v) is 1.50. The van der Waals surface area contributed by atoms with E-state index in [2.05, 4.69) is 27.9 Å². The summed E-state index contributed by atoms with van der Waals surface area (Å²) in [6.07, 6.45) is 4.89. The van der Waals surface area contributed by atoms with Crippen molar-refractivity contribution in [3.8, 4) is 0 Å². The second kappa shape index (κ2) is 12.2. The highest BCUT2D eigenvalue weighted by Gasteiger charge is 2.00. The lowest BCUT2D eigenvalue weighted by Crippen LogP contribution is -2.39. The molecule has 106 valence electrons. The Morgan fingerprint density at radius 1 is 0.944 bits per heavy atom. The van der Waals surface area contributed by atoms with E-state index in [9.17, 15) is 4.79 Å². The van der Waals surface area contributed by atoms with Gasteiger partial charge in [0.05, 0.1) is 0 Å². The zero-order valence-electron chi connectivity index (χ0n) is 12.0.